The highest BCUT2D eigenvalue weighted by Crippen LogP contribution is 2.40. The van der Waals surface area contributed by atoms with Crippen LogP contribution in [0.5, 0.6) is 5.75 Å². The van der Waals surface area contributed by atoms with Crippen LogP contribution in [0.3, 0.4) is 0 Å². The molecule has 0 unspecified atom stereocenters. The highest BCUT2D eigenvalue weighted by Gasteiger charge is 2.45. The first-order chi connectivity index (χ1) is 18.9. The summed E-state index contributed by atoms with van der Waals surface area (Å²) < 4.78 is 18.1. The Bertz CT molecular complexity index is 1660. The van der Waals surface area contributed by atoms with Gasteiger partial charge in [-0.1, -0.05) is 19.6 Å². The summed E-state index contributed by atoms with van der Waals surface area (Å²) in [6.45, 7) is 14.8. The zero-order chi connectivity index (χ0) is 29.0. The van der Waals surface area contributed by atoms with Gasteiger partial charge < -0.3 is 23.9 Å². The first-order valence-electron chi connectivity index (χ1n) is 13.2. The van der Waals surface area contributed by atoms with Crippen molar-refractivity contribution in [3.05, 3.63) is 81.7 Å². The fourth-order valence-electron chi connectivity index (χ4n) is 5.16. The van der Waals surface area contributed by atoms with Crippen molar-refractivity contribution in [3.8, 4) is 17.1 Å². The number of carbonyl (C=O) groups excluding carboxylic acids is 2. The Morgan fingerprint density at radius 1 is 1.27 bits per heavy atom. The number of aliphatic hydroxyl groups is 1. The van der Waals surface area contributed by atoms with E-state index >= 15 is 0 Å². The van der Waals surface area contributed by atoms with Crippen LogP contribution in [-0.2, 0) is 44.2 Å². The van der Waals surface area contributed by atoms with Gasteiger partial charge in [0.15, 0.2) is 5.60 Å². The minimum atomic E-state index is -1.88. The highest BCUT2D eigenvalue weighted by atomic mass is 16.6. The number of fused-ring (bicyclic) bond motifs is 5. The van der Waals surface area contributed by atoms with E-state index in [0.29, 0.717) is 29.1 Å². The SMILES string of the molecule is C=CCc1c(OCC(=C)C(=O)OC(C)(C)C)ccc2nc3c(cc12)Cn1c-3cc2c(c1=O)COC(=O)[C@]2(O)CC. The fourth-order valence-corrected chi connectivity index (χ4v) is 5.16. The lowest BCUT2D eigenvalue weighted by Gasteiger charge is -2.31. The van der Waals surface area contributed by atoms with Gasteiger partial charge in [-0.3, -0.25) is 4.79 Å². The number of hydrogen-bond acceptors (Lipinski definition) is 8. The van der Waals surface area contributed by atoms with Gasteiger partial charge in [0.1, 0.15) is 24.6 Å². The van der Waals surface area contributed by atoms with E-state index in [0.717, 1.165) is 16.5 Å². The number of carbonyl (C=O) groups is 2. The molecule has 2 aromatic heterocycles. The lowest BCUT2D eigenvalue weighted by molar-refractivity contribution is -0.172. The van der Waals surface area contributed by atoms with E-state index in [4.69, 9.17) is 19.2 Å². The molecule has 0 aliphatic carbocycles. The minimum Gasteiger partial charge on any atom is -0.488 e. The fraction of sp³-hybridized carbons (Fsp3) is 0.355. The Morgan fingerprint density at radius 3 is 2.70 bits per heavy atom. The normalized spacial score (nSPS) is 17.5. The summed E-state index contributed by atoms with van der Waals surface area (Å²) in [4.78, 5) is 43.1. The van der Waals surface area contributed by atoms with Crippen molar-refractivity contribution in [1.82, 2.24) is 9.55 Å². The van der Waals surface area contributed by atoms with Crippen molar-refractivity contribution in [1.29, 1.82) is 0 Å². The molecular formula is C31H32N2O7. The quantitative estimate of drug-likeness (QED) is 0.210. The molecule has 1 N–H and O–H groups in total. The molecule has 1 atom stereocenters. The van der Waals surface area contributed by atoms with Crippen molar-refractivity contribution in [2.45, 2.75) is 64.9 Å². The molecule has 2 aliphatic heterocycles. The first-order valence-corrected chi connectivity index (χ1v) is 13.2. The van der Waals surface area contributed by atoms with Crippen LogP contribution >= 0.6 is 0 Å². The minimum absolute atomic E-state index is 0.0452. The summed E-state index contributed by atoms with van der Waals surface area (Å²) in [5.74, 6) is -0.718. The molecule has 0 saturated carbocycles. The van der Waals surface area contributed by atoms with E-state index in [1.54, 1.807) is 50.5 Å². The molecule has 4 heterocycles. The van der Waals surface area contributed by atoms with Crippen LogP contribution in [0, 0.1) is 0 Å². The monoisotopic (exact) mass is 544 g/mol. The average molecular weight is 545 g/mol. The van der Waals surface area contributed by atoms with E-state index in [9.17, 15) is 19.5 Å². The molecule has 0 amide bonds. The highest BCUT2D eigenvalue weighted by molar-refractivity contribution is 5.90. The second kappa shape index (κ2) is 9.75. The Balaban J connectivity index is 1.54. The third-order valence-electron chi connectivity index (χ3n) is 7.20. The summed E-state index contributed by atoms with van der Waals surface area (Å²) >= 11 is 0. The van der Waals surface area contributed by atoms with Crippen LogP contribution in [-0.4, -0.2) is 38.8 Å². The molecule has 9 nitrogen and oxygen atoms in total. The number of cyclic esters (lactones) is 1. The Morgan fingerprint density at radius 2 is 2.02 bits per heavy atom. The van der Waals surface area contributed by atoms with Gasteiger partial charge in [-0.2, -0.15) is 0 Å². The second-order valence-electron chi connectivity index (χ2n) is 11.1. The maximum atomic E-state index is 13.4. The smallest absolute Gasteiger partial charge is 0.343 e. The van der Waals surface area contributed by atoms with Gasteiger partial charge in [0.05, 0.1) is 34.6 Å². The molecule has 3 aromatic rings. The maximum Gasteiger partial charge on any atom is 0.343 e. The Kier molecular flexibility index (Phi) is 6.66. The largest absolute Gasteiger partial charge is 0.488 e. The van der Waals surface area contributed by atoms with Crippen molar-refractivity contribution in [2.24, 2.45) is 0 Å². The van der Waals surface area contributed by atoms with Crippen molar-refractivity contribution in [2.75, 3.05) is 6.61 Å². The van der Waals surface area contributed by atoms with Crippen molar-refractivity contribution >= 4 is 22.8 Å². The van der Waals surface area contributed by atoms with Crippen LogP contribution in [0.1, 0.15) is 56.4 Å². The first kappa shape index (κ1) is 27.3. The van der Waals surface area contributed by atoms with Gasteiger partial charge in [-0.05, 0) is 57.9 Å². The second-order valence-corrected chi connectivity index (χ2v) is 11.1. The lowest BCUT2D eigenvalue weighted by atomic mass is 9.86. The maximum absolute atomic E-state index is 13.4. The van der Waals surface area contributed by atoms with E-state index in [1.165, 1.54) is 0 Å². The average Bonchev–Trinajstić information content (AvgIpc) is 3.26. The number of aromatic nitrogens is 2. The molecule has 0 saturated heterocycles. The number of pyridine rings is 2. The number of allylic oxidation sites excluding steroid dienone is 1. The standard InChI is InChI=1S/C31H32N2O7/c1-7-9-19-20-12-18-14-33-24(13-22-21(27(33)34)16-39-29(36)31(22,37)8-2)26(18)32-23(20)10-11-25(19)38-15-17(3)28(35)40-30(4,5)6/h7,10-13,37H,1,3,8-9,14-16H2,2,4-6H3/t31-/m0/s1. The zero-order valence-corrected chi connectivity index (χ0v) is 23.1. The van der Waals surface area contributed by atoms with Crippen LogP contribution in [0.25, 0.3) is 22.3 Å². The summed E-state index contributed by atoms with van der Waals surface area (Å²) in [6.07, 6.45) is 2.32. The molecule has 208 valence electrons. The molecule has 40 heavy (non-hydrogen) atoms. The number of esters is 2. The van der Waals surface area contributed by atoms with Crippen LogP contribution in [0.2, 0.25) is 0 Å². The number of ether oxygens (including phenoxy) is 3. The van der Waals surface area contributed by atoms with Gasteiger partial charge in [-0.25, -0.2) is 14.6 Å². The molecule has 5 rings (SSSR count). The molecule has 0 fully saturated rings. The lowest BCUT2D eigenvalue weighted by Crippen LogP contribution is -2.44. The van der Waals surface area contributed by atoms with Crippen molar-refractivity contribution in [3.63, 3.8) is 0 Å². The van der Waals surface area contributed by atoms with Crippen LogP contribution < -0.4 is 10.3 Å². The number of rotatable bonds is 7. The van der Waals surface area contributed by atoms with E-state index in [-0.39, 0.29) is 48.4 Å². The molecule has 0 radical (unpaired) electrons. The van der Waals surface area contributed by atoms with Gasteiger partial charge in [0.25, 0.3) is 5.56 Å². The molecule has 1 aromatic carbocycles. The molecule has 0 bridgehead atoms. The topological polar surface area (TPSA) is 117 Å². The Labute approximate surface area is 231 Å². The third kappa shape index (κ3) is 4.50. The molecule has 2 aliphatic rings. The number of nitrogens with zero attached hydrogens (tertiary/aromatic N) is 2. The molecule has 0 spiro atoms. The summed E-state index contributed by atoms with van der Waals surface area (Å²) in [5.41, 5.74) is 1.40. The van der Waals surface area contributed by atoms with E-state index in [2.05, 4.69) is 13.2 Å². The summed E-state index contributed by atoms with van der Waals surface area (Å²) in [5, 5.41) is 11.9. The van der Waals surface area contributed by atoms with E-state index in [1.807, 2.05) is 12.1 Å². The zero-order valence-electron chi connectivity index (χ0n) is 23.1. The third-order valence-corrected chi connectivity index (χ3v) is 7.20. The van der Waals surface area contributed by atoms with Gasteiger partial charge in [0, 0.05) is 22.1 Å². The number of benzene rings is 1. The summed E-state index contributed by atoms with van der Waals surface area (Å²) in [6, 6.07) is 7.26. The van der Waals surface area contributed by atoms with Crippen molar-refractivity contribution < 1.29 is 28.9 Å². The van der Waals surface area contributed by atoms with Gasteiger partial charge in [0.2, 0.25) is 0 Å². The van der Waals surface area contributed by atoms with Gasteiger partial charge in [-0.15, -0.1) is 6.58 Å². The predicted molar refractivity (Wildman–Crippen MR) is 149 cm³/mol. The van der Waals surface area contributed by atoms with Gasteiger partial charge >= 0.3 is 11.9 Å². The number of hydrogen-bond donors (Lipinski definition) is 1. The molecule has 9 heteroatoms. The van der Waals surface area contributed by atoms with Crippen LogP contribution in [0.4, 0.5) is 0 Å². The Hall–Kier alpha value is -4.24. The van der Waals surface area contributed by atoms with Crippen LogP contribution in [0.15, 0.2) is 53.9 Å². The summed E-state index contributed by atoms with van der Waals surface area (Å²) in [7, 11) is 0. The predicted octanol–water partition coefficient (Wildman–Crippen LogP) is 4.08. The van der Waals surface area contributed by atoms with E-state index < -0.39 is 23.1 Å². The molecular weight excluding hydrogens is 512 g/mol.